The van der Waals surface area contributed by atoms with Gasteiger partial charge in [0.25, 0.3) is 0 Å². The van der Waals surface area contributed by atoms with Gasteiger partial charge in [0.1, 0.15) is 0 Å². The number of rotatable bonds is 56. The van der Waals surface area contributed by atoms with E-state index in [0.717, 1.165) is 44.9 Å². The van der Waals surface area contributed by atoms with Crippen LogP contribution in [0.25, 0.3) is 0 Å². The molecule has 0 aliphatic heterocycles. The van der Waals surface area contributed by atoms with Gasteiger partial charge in [0.05, 0.1) is 25.4 Å². The second kappa shape index (κ2) is 56.9. The summed E-state index contributed by atoms with van der Waals surface area (Å²) in [6.45, 7) is 4.93. The molecule has 0 saturated heterocycles. The van der Waals surface area contributed by atoms with Gasteiger partial charge in [0.15, 0.2) is 0 Å². The van der Waals surface area contributed by atoms with Gasteiger partial charge >= 0.3 is 5.97 Å². The van der Waals surface area contributed by atoms with Crippen LogP contribution in [-0.2, 0) is 14.3 Å². The minimum Gasteiger partial charge on any atom is -0.466 e. The summed E-state index contributed by atoms with van der Waals surface area (Å²) in [6, 6.07) is -0.542. The number of nitrogens with one attached hydrogen (secondary N) is 1. The van der Waals surface area contributed by atoms with Gasteiger partial charge in [-0.15, -0.1) is 0 Å². The molecule has 6 heteroatoms. The molecule has 0 aliphatic carbocycles. The van der Waals surface area contributed by atoms with Crippen molar-refractivity contribution in [3.63, 3.8) is 0 Å². The minimum absolute atomic E-state index is 0.00926. The van der Waals surface area contributed by atoms with Gasteiger partial charge in [-0.1, -0.05) is 263 Å². The van der Waals surface area contributed by atoms with Crippen LogP contribution in [0.5, 0.6) is 0 Å². The SMILES string of the molecule is CCCCCCCC/C=C\CCCCCCCCCC(=O)OCCCCCCCCCCCCCC/C=C\CCCCCCCCCCC(=O)NC(CO)C(O)CCCCCCCCCCC. The van der Waals surface area contributed by atoms with E-state index in [4.69, 9.17) is 4.74 Å². The zero-order chi connectivity index (χ0) is 48.6. The van der Waals surface area contributed by atoms with Crippen molar-refractivity contribution in [3.05, 3.63) is 24.3 Å². The first kappa shape index (κ1) is 65.3. The molecule has 0 heterocycles. The molecule has 6 nitrogen and oxygen atoms in total. The molecule has 67 heavy (non-hydrogen) atoms. The number of carbonyl (C=O) groups is 2. The molecule has 396 valence electrons. The van der Waals surface area contributed by atoms with Crippen molar-refractivity contribution in [2.45, 2.75) is 341 Å². The Labute approximate surface area is 418 Å². The van der Waals surface area contributed by atoms with Crippen molar-refractivity contribution in [1.29, 1.82) is 0 Å². The highest BCUT2D eigenvalue weighted by atomic mass is 16.5. The Balaban J connectivity index is 3.36. The molecule has 0 saturated carbocycles. The van der Waals surface area contributed by atoms with Crippen LogP contribution in [0.3, 0.4) is 0 Å². The molecule has 0 spiro atoms. The number of aliphatic hydroxyl groups excluding tert-OH is 2. The molecule has 2 atom stereocenters. The largest absolute Gasteiger partial charge is 0.466 e. The fourth-order valence-electron chi connectivity index (χ4n) is 9.34. The second-order valence-electron chi connectivity index (χ2n) is 20.7. The van der Waals surface area contributed by atoms with Gasteiger partial charge in [0.2, 0.25) is 5.91 Å². The van der Waals surface area contributed by atoms with E-state index in [-0.39, 0.29) is 18.5 Å². The monoisotopic (exact) mass is 944 g/mol. The number of aliphatic hydroxyl groups is 2. The third-order valence-electron chi connectivity index (χ3n) is 14.0. The normalized spacial score (nSPS) is 12.7. The van der Waals surface area contributed by atoms with Crippen LogP contribution in [0.4, 0.5) is 0 Å². The molecule has 3 N–H and O–H groups in total. The van der Waals surface area contributed by atoms with Gasteiger partial charge < -0.3 is 20.3 Å². The molecule has 2 unspecified atom stereocenters. The summed E-state index contributed by atoms with van der Waals surface area (Å²) < 4.78 is 5.49. The van der Waals surface area contributed by atoms with Crippen LogP contribution < -0.4 is 5.32 Å². The van der Waals surface area contributed by atoms with Crippen molar-refractivity contribution in [3.8, 4) is 0 Å². The van der Waals surface area contributed by atoms with E-state index < -0.39 is 12.1 Å². The Morgan fingerprint density at radius 2 is 0.701 bits per heavy atom. The van der Waals surface area contributed by atoms with Crippen LogP contribution >= 0.6 is 0 Å². The van der Waals surface area contributed by atoms with Crippen LogP contribution in [0.1, 0.15) is 328 Å². The molecular weight excluding hydrogens is 827 g/mol. The number of carbonyl (C=O) groups excluding carboxylic acids is 2. The highest BCUT2D eigenvalue weighted by Crippen LogP contribution is 2.17. The number of hydrogen-bond donors (Lipinski definition) is 3. The Morgan fingerprint density at radius 3 is 1.06 bits per heavy atom. The zero-order valence-corrected chi connectivity index (χ0v) is 45.1. The first-order valence-electron chi connectivity index (χ1n) is 30.1. The quantitative estimate of drug-likeness (QED) is 0.0321. The molecule has 0 aliphatic rings. The van der Waals surface area contributed by atoms with Gasteiger partial charge in [0, 0.05) is 12.8 Å². The van der Waals surface area contributed by atoms with Crippen molar-refractivity contribution in [1.82, 2.24) is 5.32 Å². The van der Waals surface area contributed by atoms with Crippen LogP contribution in [0.15, 0.2) is 24.3 Å². The van der Waals surface area contributed by atoms with Crippen molar-refractivity contribution in [2.75, 3.05) is 13.2 Å². The van der Waals surface area contributed by atoms with Gasteiger partial charge in [-0.3, -0.25) is 9.59 Å². The molecule has 1 amide bonds. The standard InChI is InChI=1S/C61H117NO5/c1-3-5-7-9-11-13-14-15-16-25-29-32-35-39-43-47-51-55-61(66)67-56-52-48-44-40-36-33-30-27-24-22-20-18-17-19-21-23-26-28-31-34-38-42-46-50-54-60(65)62-58(57-63)59(64)53-49-45-41-37-12-10-8-6-4-2/h15-16,19,21,58-59,63-64H,3-14,17-18,20,22-57H2,1-2H3,(H,62,65)/b16-15-,21-19-. The van der Waals surface area contributed by atoms with Crippen LogP contribution in [-0.4, -0.2) is 47.4 Å². The van der Waals surface area contributed by atoms with E-state index in [2.05, 4.69) is 43.5 Å². The predicted octanol–water partition coefficient (Wildman–Crippen LogP) is 18.6. The topological polar surface area (TPSA) is 95.9 Å². The lowest BCUT2D eigenvalue weighted by Gasteiger charge is -2.22. The van der Waals surface area contributed by atoms with Gasteiger partial charge in [-0.05, 0) is 77.0 Å². The van der Waals surface area contributed by atoms with E-state index in [9.17, 15) is 19.8 Å². The van der Waals surface area contributed by atoms with E-state index in [1.807, 2.05) is 0 Å². The molecule has 0 aromatic heterocycles. The second-order valence-corrected chi connectivity index (χ2v) is 20.7. The maximum absolute atomic E-state index is 12.4. The first-order chi connectivity index (χ1) is 33.0. The molecule has 0 bridgehead atoms. The van der Waals surface area contributed by atoms with Gasteiger partial charge in [-0.2, -0.15) is 0 Å². The van der Waals surface area contributed by atoms with Crippen molar-refractivity contribution < 1.29 is 24.5 Å². The number of amides is 1. The highest BCUT2D eigenvalue weighted by molar-refractivity contribution is 5.76. The number of unbranched alkanes of at least 4 members (excludes halogenated alkanes) is 41. The van der Waals surface area contributed by atoms with Crippen LogP contribution in [0, 0.1) is 0 Å². The molecule has 0 rings (SSSR count). The smallest absolute Gasteiger partial charge is 0.305 e. The predicted molar refractivity (Wildman–Crippen MR) is 292 cm³/mol. The van der Waals surface area contributed by atoms with E-state index in [1.165, 1.54) is 250 Å². The molecule has 0 fully saturated rings. The number of allylic oxidation sites excluding steroid dienone is 4. The van der Waals surface area contributed by atoms with E-state index in [1.54, 1.807) is 0 Å². The summed E-state index contributed by atoms with van der Waals surface area (Å²) in [5.74, 6) is -0.0321. The lowest BCUT2D eigenvalue weighted by molar-refractivity contribution is -0.143. The average molecular weight is 945 g/mol. The average Bonchev–Trinajstić information content (AvgIpc) is 3.33. The fourth-order valence-corrected chi connectivity index (χ4v) is 9.34. The van der Waals surface area contributed by atoms with Crippen molar-refractivity contribution >= 4 is 11.9 Å². The number of ether oxygens (including phenoxy) is 1. The van der Waals surface area contributed by atoms with Crippen LogP contribution in [0.2, 0.25) is 0 Å². The fraction of sp³-hybridized carbons (Fsp3) is 0.902. The summed E-state index contributed by atoms with van der Waals surface area (Å²) in [5, 5.41) is 23.1. The first-order valence-corrected chi connectivity index (χ1v) is 30.1. The lowest BCUT2D eigenvalue weighted by atomic mass is 10.0. The molecule has 0 aromatic carbocycles. The Kier molecular flexibility index (Phi) is 55.5. The maximum Gasteiger partial charge on any atom is 0.305 e. The summed E-state index contributed by atoms with van der Waals surface area (Å²) in [6.07, 6.45) is 69.1. The van der Waals surface area contributed by atoms with E-state index >= 15 is 0 Å². The molecule has 0 aromatic rings. The Hall–Kier alpha value is -1.66. The molecular formula is C61H117NO5. The summed E-state index contributed by atoms with van der Waals surface area (Å²) in [4.78, 5) is 24.5. The maximum atomic E-state index is 12.4. The Morgan fingerprint density at radius 1 is 0.403 bits per heavy atom. The minimum atomic E-state index is -0.664. The highest BCUT2D eigenvalue weighted by Gasteiger charge is 2.20. The third-order valence-corrected chi connectivity index (χ3v) is 14.0. The van der Waals surface area contributed by atoms with Gasteiger partial charge in [-0.25, -0.2) is 0 Å². The number of esters is 1. The van der Waals surface area contributed by atoms with Crippen molar-refractivity contribution in [2.24, 2.45) is 0 Å². The Bertz CT molecular complexity index is 1040. The molecule has 0 radical (unpaired) electrons. The third kappa shape index (κ3) is 53.5. The number of hydrogen-bond acceptors (Lipinski definition) is 5. The lowest BCUT2D eigenvalue weighted by Crippen LogP contribution is -2.45. The summed E-state index contributed by atoms with van der Waals surface area (Å²) in [7, 11) is 0. The van der Waals surface area contributed by atoms with E-state index in [0.29, 0.717) is 25.9 Å². The zero-order valence-electron chi connectivity index (χ0n) is 45.1. The summed E-state index contributed by atoms with van der Waals surface area (Å²) >= 11 is 0. The summed E-state index contributed by atoms with van der Waals surface area (Å²) in [5.41, 5.74) is 0.